The van der Waals surface area contributed by atoms with Crippen molar-refractivity contribution in [2.24, 2.45) is 0 Å². The van der Waals surface area contributed by atoms with Crippen LogP contribution in [-0.2, 0) is 19.1 Å². The maximum Gasteiger partial charge on any atom is 0.335 e. The molecule has 0 aromatic carbocycles. The lowest BCUT2D eigenvalue weighted by atomic mass is 9.82. The van der Waals surface area contributed by atoms with Crippen molar-refractivity contribution in [3.8, 4) is 0 Å². The summed E-state index contributed by atoms with van der Waals surface area (Å²) in [7, 11) is 0. The van der Waals surface area contributed by atoms with E-state index in [2.05, 4.69) is 10.5 Å². The summed E-state index contributed by atoms with van der Waals surface area (Å²) in [5, 5.41) is 6.38. The Morgan fingerprint density at radius 1 is 1.29 bits per heavy atom. The minimum Gasteiger partial charge on any atom is -0.450 e. The standard InChI is InChI=1S/C16H19N3O5/c1-9-8-12(18-24-9)17-14(21)13-10(2)15(22)23-16(13)4-6-19(7-5-16)11(3)20/h8H,4-7H2,1-3H3,(H,17,18,21). The minimum atomic E-state index is -0.976. The normalized spacial score (nSPS) is 19.6. The molecule has 1 saturated heterocycles. The molecule has 1 aromatic rings. The number of esters is 1. The predicted octanol–water partition coefficient (Wildman–Crippen LogP) is 1.18. The highest BCUT2D eigenvalue weighted by atomic mass is 16.6. The van der Waals surface area contributed by atoms with Crippen LogP contribution < -0.4 is 5.32 Å². The number of nitrogens with one attached hydrogen (secondary N) is 1. The Morgan fingerprint density at radius 3 is 2.50 bits per heavy atom. The van der Waals surface area contributed by atoms with Crippen molar-refractivity contribution in [2.75, 3.05) is 18.4 Å². The smallest absolute Gasteiger partial charge is 0.335 e. The molecule has 0 unspecified atom stereocenters. The van der Waals surface area contributed by atoms with E-state index >= 15 is 0 Å². The highest BCUT2D eigenvalue weighted by Crippen LogP contribution is 2.41. The molecule has 3 rings (SSSR count). The molecule has 2 amide bonds. The van der Waals surface area contributed by atoms with Crippen molar-refractivity contribution >= 4 is 23.6 Å². The van der Waals surface area contributed by atoms with Crippen LogP contribution in [0.1, 0.15) is 32.4 Å². The van der Waals surface area contributed by atoms with Gasteiger partial charge >= 0.3 is 5.97 Å². The first-order chi connectivity index (χ1) is 11.3. The lowest BCUT2D eigenvalue weighted by Crippen LogP contribution is -2.49. The van der Waals surface area contributed by atoms with E-state index in [1.165, 1.54) is 6.92 Å². The molecule has 3 heterocycles. The number of nitrogens with zero attached hydrogens (tertiary/aromatic N) is 2. The monoisotopic (exact) mass is 333 g/mol. The number of rotatable bonds is 2. The Morgan fingerprint density at radius 2 is 1.96 bits per heavy atom. The average molecular weight is 333 g/mol. The summed E-state index contributed by atoms with van der Waals surface area (Å²) < 4.78 is 10.5. The Hall–Kier alpha value is -2.64. The first-order valence-electron chi connectivity index (χ1n) is 7.77. The van der Waals surface area contributed by atoms with Crippen LogP contribution in [0.4, 0.5) is 5.82 Å². The molecule has 2 aliphatic heterocycles. The van der Waals surface area contributed by atoms with Gasteiger partial charge in [0.05, 0.1) is 5.57 Å². The van der Waals surface area contributed by atoms with Crippen LogP contribution in [0.5, 0.6) is 0 Å². The summed E-state index contributed by atoms with van der Waals surface area (Å²) in [5.41, 5.74) is -0.365. The van der Waals surface area contributed by atoms with Gasteiger partial charge in [-0.3, -0.25) is 9.59 Å². The van der Waals surface area contributed by atoms with Gasteiger partial charge in [-0.05, 0) is 13.8 Å². The topological polar surface area (TPSA) is 102 Å². The molecule has 0 radical (unpaired) electrons. The van der Waals surface area contributed by atoms with Crippen molar-refractivity contribution in [2.45, 2.75) is 39.2 Å². The van der Waals surface area contributed by atoms with Crippen molar-refractivity contribution in [1.29, 1.82) is 0 Å². The molecule has 128 valence electrons. The van der Waals surface area contributed by atoms with Gasteiger partial charge in [-0.15, -0.1) is 0 Å². The number of piperidine rings is 1. The summed E-state index contributed by atoms with van der Waals surface area (Å²) in [6, 6.07) is 1.59. The van der Waals surface area contributed by atoms with E-state index in [0.717, 1.165) is 0 Å². The molecule has 8 heteroatoms. The molecule has 1 N–H and O–H groups in total. The highest BCUT2D eigenvalue weighted by molar-refractivity contribution is 6.12. The largest absolute Gasteiger partial charge is 0.450 e. The van der Waals surface area contributed by atoms with E-state index in [1.54, 1.807) is 24.8 Å². The van der Waals surface area contributed by atoms with Gasteiger partial charge in [-0.1, -0.05) is 5.16 Å². The van der Waals surface area contributed by atoms with Crippen molar-refractivity contribution in [3.05, 3.63) is 23.0 Å². The zero-order chi connectivity index (χ0) is 17.5. The van der Waals surface area contributed by atoms with Gasteiger partial charge in [-0.2, -0.15) is 0 Å². The van der Waals surface area contributed by atoms with Crippen LogP contribution in [0.25, 0.3) is 0 Å². The van der Waals surface area contributed by atoms with Crippen LogP contribution >= 0.6 is 0 Å². The second-order valence-corrected chi connectivity index (χ2v) is 6.17. The van der Waals surface area contributed by atoms with Gasteiger partial charge < -0.3 is 19.5 Å². The van der Waals surface area contributed by atoms with Crippen LogP contribution in [0, 0.1) is 6.92 Å². The maximum atomic E-state index is 12.7. The van der Waals surface area contributed by atoms with E-state index in [-0.39, 0.29) is 11.7 Å². The fourth-order valence-corrected chi connectivity index (χ4v) is 3.27. The van der Waals surface area contributed by atoms with Crippen molar-refractivity contribution in [1.82, 2.24) is 10.1 Å². The maximum absolute atomic E-state index is 12.7. The fourth-order valence-electron chi connectivity index (χ4n) is 3.27. The van der Waals surface area contributed by atoms with E-state index < -0.39 is 17.5 Å². The van der Waals surface area contributed by atoms with Crippen LogP contribution in [0.2, 0.25) is 0 Å². The number of amides is 2. The van der Waals surface area contributed by atoms with Gasteiger partial charge in [0.1, 0.15) is 11.4 Å². The Bertz CT molecular complexity index is 741. The Balaban J connectivity index is 1.84. The van der Waals surface area contributed by atoms with Crippen LogP contribution in [0.3, 0.4) is 0 Å². The number of carbonyl (C=O) groups is 3. The molecular weight excluding hydrogens is 314 g/mol. The van der Waals surface area contributed by atoms with E-state index in [9.17, 15) is 14.4 Å². The average Bonchev–Trinajstić information content (AvgIpc) is 3.02. The van der Waals surface area contributed by atoms with Crippen molar-refractivity contribution in [3.63, 3.8) is 0 Å². The molecule has 1 spiro atoms. The van der Waals surface area contributed by atoms with E-state index in [1.807, 2.05) is 0 Å². The van der Waals surface area contributed by atoms with Crippen LogP contribution in [-0.4, -0.2) is 46.5 Å². The van der Waals surface area contributed by atoms with Gasteiger partial charge in [0, 0.05) is 44.5 Å². The third-order valence-electron chi connectivity index (χ3n) is 4.54. The summed E-state index contributed by atoms with van der Waals surface area (Å²) >= 11 is 0. The predicted molar refractivity (Wildman–Crippen MR) is 82.9 cm³/mol. The summed E-state index contributed by atoms with van der Waals surface area (Å²) in [6.07, 6.45) is 0.798. The molecule has 24 heavy (non-hydrogen) atoms. The molecule has 0 atom stereocenters. The SMILES string of the molecule is CC(=O)N1CCC2(CC1)OC(=O)C(C)=C2C(=O)Nc1cc(C)on1. The Kier molecular flexibility index (Phi) is 3.90. The molecule has 8 nitrogen and oxygen atoms in total. The minimum absolute atomic E-state index is 0.0288. The molecule has 1 fully saturated rings. The highest BCUT2D eigenvalue weighted by Gasteiger charge is 2.51. The number of hydrogen-bond acceptors (Lipinski definition) is 6. The molecule has 0 bridgehead atoms. The second-order valence-electron chi connectivity index (χ2n) is 6.17. The Labute approximate surface area is 138 Å². The number of aryl methyl sites for hydroxylation is 1. The number of anilines is 1. The number of aromatic nitrogens is 1. The lowest BCUT2D eigenvalue weighted by molar-refractivity contribution is -0.152. The van der Waals surface area contributed by atoms with E-state index in [4.69, 9.17) is 9.26 Å². The van der Waals surface area contributed by atoms with Crippen LogP contribution in [0.15, 0.2) is 21.7 Å². The molecular formula is C16H19N3O5. The molecule has 0 saturated carbocycles. The van der Waals surface area contributed by atoms with Crippen molar-refractivity contribution < 1.29 is 23.6 Å². The third-order valence-corrected chi connectivity index (χ3v) is 4.54. The zero-order valence-corrected chi connectivity index (χ0v) is 13.8. The zero-order valence-electron chi connectivity index (χ0n) is 13.8. The van der Waals surface area contributed by atoms with E-state index in [0.29, 0.717) is 42.8 Å². The lowest BCUT2D eigenvalue weighted by Gasteiger charge is -2.38. The summed E-state index contributed by atoms with van der Waals surface area (Å²) in [6.45, 7) is 5.68. The third kappa shape index (κ3) is 2.68. The number of likely N-dealkylation sites (tertiary alicyclic amines) is 1. The number of carbonyl (C=O) groups excluding carboxylic acids is 3. The summed E-state index contributed by atoms with van der Waals surface area (Å²) in [4.78, 5) is 37.9. The van der Waals surface area contributed by atoms with Gasteiger partial charge in [0.2, 0.25) is 5.91 Å². The van der Waals surface area contributed by atoms with Gasteiger partial charge in [0.15, 0.2) is 5.82 Å². The van der Waals surface area contributed by atoms with Gasteiger partial charge in [-0.25, -0.2) is 4.79 Å². The first kappa shape index (κ1) is 16.2. The fraction of sp³-hybridized carbons (Fsp3) is 0.500. The first-order valence-corrected chi connectivity index (χ1v) is 7.77. The molecule has 1 aromatic heterocycles. The molecule has 2 aliphatic rings. The van der Waals surface area contributed by atoms with Gasteiger partial charge in [0.25, 0.3) is 5.91 Å². The number of hydrogen-bond donors (Lipinski definition) is 1. The molecule has 0 aliphatic carbocycles. The quantitative estimate of drug-likeness (QED) is 0.815. The number of ether oxygens (including phenoxy) is 1. The second kappa shape index (κ2) is 5.77. The summed E-state index contributed by atoms with van der Waals surface area (Å²) in [5.74, 6) is -0.0951.